The summed E-state index contributed by atoms with van der Waals surface area (Å²) >= 11 is 12.3. The minimum absolute atomic E-state index is 0. The van der Waals surface area contributed by atoms with Crippen molar-refractivity contribution < 1.29 is 0 Å². The molecule has 102 valence electrons. The fourth-order valence-electron chi connectivity index (χ4n) is 1.62. The average molecular weight is 403 g/mol. The molecule has 1 atom stereocenters. The van der Waals surface area contributed by atoms with Crippen LogP contribution in [0.4, 0.5) is 0 Å². The molecule has 18 heavy (non-hydrogen) atoms. The third-order valence-electron chi connectivity index (χ3n) is 2.61. The van der Waals surface area contributed by atoms with Gasteiger partial charge < -0.3 is 16.4 Å². The molecule has 4 N–H and O–H groups in total. The van der Waals surface area contributed by atoms with Crippen LogP contribution in [0.2, 0.25) is 10.0 Å². The molecule has 1 aromatic rings. The van der Waals surface area contributed by atoms with Crippen LogP contribution in [-0.4, -0.2) is 31.5 Å². The number of aliphatic imine (C=N–C) groups is 1. The molecule has 7 heteroatoms. The first kappa shape index (κ1) is 17.8. The maximum Gasteiger partial charge on any atom is 0.191 e. The Bertz CT molecular complexity index is 405. The Hall–Kier alpha value is -0.240. The number of nitrogens with two attached hydrogens (primary N) is 2. The molecular formula is C11H17Cl2IN4. The van der Waals surface area contributed by atoms with Gasteiger partial charge in [-0.25, -0.2) is 0 Å². The summed E-state index contributed by atoms with van der Waals surface area (Å²) in [5.41, 5.74) is 12.3. The highest BCUT2D eigenvalue weighted by atomic mass is 127. The highest BCUT2D eigenvalue weighted by Gasteiger charge is 2.22. The number of rotatable bonds is 3. The maximum atomic E-state index is 6.15. The Balaban J connectivity index is 0.00000289. The first-order chi connectivity index (χ1) is 8.02. The van der Waals surface area contributed by atoms with E-state index in [1.54, 1.807) is 37.2 Å². The second-order valence-electron chi connectivity index (χ2n) is 3.58. The molecule has 0 radical (unpaired) electrons. The zero-order valence-electron chi connectivity index (χ0n) is 10.2. The van der Waals surface area contributed by atoms with Gasteiger partial charge in [0.2, 0.25) is 0 Å². The molecule has 0 spiro atoms. The number of halogens is 3. The molecule has 1 rings (SSSR count). The number of nitrogens with zero attached hydrogens (tertiary/aromatic N) is 2. The van der Waals surface area contributed by atoms with Crippen molar-refractivity contribution in [3.63, 3.8) is 0 Å². The SMILES string of the molecule is CN=C(N)N(C)C(CN)c1c(Cl)cccc1Cl.I. The van der Waals surface area contributed by atoms with Gasteiger partial charge in [0.25, 0.3) is 0 Å². The zero-order chi connectivity index (χ0) is 13.0. The van der Waals surface area contributed by atoms with Crippen LogP contribution in [-0.2, 0) is 0 Å². The molecule has 0 aliphatic rings. The van der Waals surface area contributed by atoms with Crippen LogP contribution in [0.5, 0.6) is 0 Å². The van der Waals surface area contributed by atoms with Gasteiger partial charge in [0.05, 0.1) is 6.04 Å². The standard InChI is InChI=1S/C11H16Cl2N4.HI/c1-16-11(15)17(2)9(6-14)10-7(12)4-3-5-8(10)13;/h3-5,9H,6,14H2,1-2H3,(H2,15,16);1H. The van der Waals surface area contributed by atoms with E-state index < -0.39 is 0 Å². The molecule has 0 aliphatic carbocycles. The number of hydrogen-bond donors (Lipinski definition) is 2. The molecule has 1 aromatic carbocycles. The molecular weight excluding hydrogens is 386 g/mol. The summed E-state index contributed by atoms with van der Waals surface area (Å²) in [6.45, 7) is 0.343. The number of likely N-dealkylation sites (N-methyl/N-ethyl adjacent to an activating group) is 1. The first-order valence-corrected chi connectivity index (χ1v) is 5.87. The van der Waals surface area contributed by atoms with Crippen LogP contribution in [0, 0.1) is 0 Å². The normalized spacial score (nSPS) is 12.8. The Morgan fingerprint density at radius 3 is 2.28 bits per heavy atom. The van der Waals surface area contributed by atoms with E-state index in [0.29, 0.717) is 22.5 Å². The highest BCUT2D eigenvalue weighted by Crippen LogP contribution is 2.32. The smallest absolute Gasteiger partial charge is 0.191 e. The fraction of sp³-hybridized carbons (Fsp3) is 0.364. The van der Waals surface area contributed by atoms with Gasteiger partial charge in [-0.05, 0) is 12.1 Å². The molecule has 0 heterocycles. The van der Waals surface area contributed by atoms with Gasteiger partial charge >= 0.3 is 0 Å². The molecule has 4 nitrogen and oxygen atoms in total. The summed E-state index contributed by atoms with van der Waals surface area (Å²) in [4.78, 5) is 5.68. The Kier molecular flexibility index (Phi) is 7.93. The van der Waals surface area contributed by atoms with E-state index in [1.165, 1.54) is 0 Å². The second kappa shape index (κ2) is 8.04. The number of benzene rings is 1. The third-order valence-corrected chi connectivity index (χ3v) is 3.27. The van der Waals surface area contributed by atoms with E-state index in [1.807, 2.05) is 0 Å². The molecule has 1 unspecified atom stereocenters. The Morgan fingerprint density at radius 2 is 1.89 bits per heavy atom. The summed E-state index contributed by atoms with van der Waals surface area (Å²) in [6, 6.07) is 5.15. The Morgan fingerprint density at radius 1 is 1.39 bits per heavy atom. The van der Waals surface area contributed by atoms with Gasteiger partial charge in [0, 0.05) is 36.2 Å². The Labute approximate surface area is 134 Å². The van der Waals surface area contributed by atoms with Crippen molar-refractivity contribution in [1.82, 2.24) is 4.90 Å². The zero-order valence-corrected chi connectivity index (χ0v) is 14.1. The summed E-state index contributed by atoms with van der Waals surface area (Å²) in [6.07, 6.45) is 0. The molecule has 0 bridgehead atoms. The van der Waals surface area contributed by atoms with E-state index >= 15 is 0 Å². The summed E-state index contributed by atoms with van der Waals surface area (Å²) < 4.78 is 0. The predicted molar refractivity (Wildman–Crippen MR) is 89.0 cm³/mol. The van der Waals surface area contributed by atoms with E-state index in [9.17, 15) is 0 Å². The summed E-state index contributed by atoms with van der Waals surface area (Å²) in [5, 5.41) is 1.15. The molecule has 0 saturated heterocycles. The molecule has 0 amide bonds. The highest BCUT2D eigenvalue weighted by molar-refractivity contribution is 14.0. The van der Waals surface area contributed by atoms with Gasteiger partial charge in [-0.2, -0.15) is 0 Å². The number of hydrogen-bond acceptors (Lipinski definition) is 2. The van der Waals surface area contributed by atoms with Gasteiger partial charge in [-0.15, -0.1) is 24.0 Å². The van der Waals surface area contributed by atoms with Crippen LogP contribution in [0.25, 0.3) is 0 Å². The number of guanidine groups is 1. The maximum absolute atomic E-state index is 6.15. The van der Waals surface area contributed by atoms with Crippen molar-refractivity contribution >= 4 is 53.1 Å². The van der Waals surface area contributed by atoms with Crippen molar-refractivity contribution in [2.24, 2.45) is 16.5 Å². The van der Waals surface area contributed by atoms with Crippen LogP contribution < -0.4 is 11.5 Å². The van der Waals surface area contributed by atoms with Gasteiger partial charge in [-0.1, -0.05) is 29.3 Å². The monoisotopic (exact) mass is 402 g/mol. The lowest BCUT2D eigenvalue weighted by Crippen LogP contribution is -2.40. The topological polar surface area (TPSA) is 67.6 Å². The van der Waals surface area contributed by atoms with E-state index in [4.69, 9.17) is 34.7 Å². The van der Waals surface area contributed by atoms with Crippen molar-refractivity contribution in [2.75, 3.05) is 20.6 Å². The molecule has 0 fully saturated rings. The minimum atomic E-state index is -0.195. The first-order valence-electron chi connectivity index (χ1n) is 5.12. The van der Waals surface area contributed by atoms with Gasteiger partial charge in [0.15, 0.2) is 5.96 Å². The third kappa shape index (κ3) is 3.88. The van der Waals surface area contributed by atoms with E-state index in [0.717, 1.165) is 5.56 Å². The second-order valence-corrected chi connectivity index (χ2v) is 4.39. The van der Waals surface area contributed by atoms with Crippen LogP contribution in [0.1, 0.15) is 11.6 Å². The minimum Gasteiger partial charge on any atom is -0.370 e. The largest absolute Gasteiger partial charge is 0.370 e. The van der Waals surface area contributed by atoms with Gasteiger partial charge in [0.1, 0.15) is 0 Å². The van der Waals surface area contributed by atoms with Crippen LogP contribution in [0.15, 0.2) is 23.2 Å². The van der Waals surface area contributed by atoms with E-state index in [-0.39, 0.29) is 30.0 Å². The lowest BCUT2D eigenvalue weighted by molar-refractivity contribution is 0.378. The van der Waals surface area contributed by atoms with Crippen LogP contribution >= 0.6 is 47.2 Å². The van der Waals surface area contributed by atoms with Crippen molar-refractivity contribution in [2.45, 2.75) is 6.04 Å². The summed E-state index contributed by atoms with van der Waals surface area (Å²) in [5.74, 6) is 0.386. The lowest BCUT2D eigenvalue weighted by Gasteiger charge is -2.29. The van der Waals surface area contributed by atoms with Crippen molar-refractivity contribution in [3.05, 3.63) is 33.8 Å². The average Bonchev–Trinajstić information content (AvgIpc) is 2.32. The predicted octanol–water partition coefficient (Wildman–Crippen LogP) is 2.49. The molecule has 0 aliphatic heterocycles. The molecule has 0 saturated carbocycles. The van der Waals surface area contributed by atoms with Crippen molar-refractivity contribution in [3.8, 4) is 0 Å². The summed E-state index contributed by atoms with van der Waals surface area (Å²) in [7, 11) is 3.42. The van der Waals surface area contributed by atoms with Gasteiger partial charge in [-0.3, -0.25) is 4.99 Å². The van der Waals surface area contributed by atoms with Crippen molar-refractivity contribution in [1.29, 1.82) is 0 Å². The fourth-order valence-corrected chi connectivity index (χ4v) is 2.27. The van der Waals surface area contributed by atoms with Crippen LogP contribution in [0.3, 0.4) is 0 Å². The quantitative estimate of drug-likeness (QED) is 0.463. The lowest BCUT2D eigenvalue weighted by atomic mass is 10.1. The molecule has 0 aromatic heterocycles. The van der Waals surface area contributed by atoms with E-state index in [2.05, 4.69) is 4.99 Å².